The number of ether oxygens (including phenoxy) is 1. The molecule has 1 aliphatic heterocycles. The first-order valence-corrected chi connectivity index (χ1v) is 3.95. The molecule has 1 heterocycles. The molecule has 1 aliphatic rings. The van der Waals surface area contributed by atoms with E-state index in [0.29, 0.717) is 0 Å². The Hall–Kier alpha value is -0.570. The molecule has 0 aromatic rings. The number of nitrogens with one attached hydrogen (secondary N) is 1. The highest BCUT2D eigenvalue weighted by Crippen LogP contribution is 2.26. The molecule has 0 aliphatic carbocycles. The van der Waals surface area contributed by atoms with Gasteiger partial charge in [-0.3, -0.25) is 4.79 Å². The number of rotatable bonds is 2. The van der Waals surface area contributed by atoms with Crippen LogP contribution in [0.1, 0.15) is 20.3 Å². The van der Waals surface area contributed by atoms with Crippen molar-refractivity contribution in [3.63, 3.8) is 0 Å². The van der Waals surface area contributed by atoms with Crippen LogP contribution < -0.4 is 5.32 Å². The summed E-state index contributed by atoms with van der Waals surface area (Å²) >= 11 is 0. The monoisotopic (exact) mass is 157 g/mol. The van der Waals surface area contributed by atoms with Crippen LogP contribution in [-0.4, -0.2) is 25.7 Å². The lowest BCUT2D eigenvalue weighted by Gasteiger charge is -2.21. The quantitative estimate of drug-likeness (QED) is 0.635. The summed E-state index contributed by atoms with van der Waals surface area (Å²) in [7, 11) is 0. The van der Waals surface area contributed by atoms with Crippen molar-refractivity contribution in [2.24, 2.45) is 5.41 Å². The fourth-order valence-electron chi connectivity index (χ4n) is 1.19. The van der Waals surface area contributed by atoms with Crippen LogP contribution in [0.15, 0.2) is 0 Å². The third-order valence-corrected chi connectivity index (χ3v) is 2.06. The van der Waals surface area contributed by atoms with Crippen molar-refractivity contribution < 1.29 is 9.53 Å². The maximum Gasteiger partial charge on any atom is 0.216 e. The van der Waals surface area contributed by atoms with E-state index in [-0.39, 0.29) is 11.3 Å². The van der Waals surface area contributed by atoms with Crippen LogP contribution in [0.25, 0.3) is 0 Å². The molecule has 0 spiro atoms. The Morgan fingerprint density at radius 3 is 2.91 bits per heavy atom. The first-order valence-electron chi connectivity index (χ1n) is 3.95. The smallest absolute Gasteiger partial charge is 0.216 e. The Kier molecular flexibility index (Phi) is 2.49. The number of hydrogen-bond donors (Lipinski definition) is 1. The highest BCUT2D eigenvalue weighted by molar-refractivity contribution is 5.72. The zero-order valence-electron chi connectivity index (χ0n) is 7.14. The van der Waals surface area contributed by atoms with E-state index in [4.69, 9.17) is 4.74 Å². The molecule has 3 nitrogen and oxygen atoms in total. The lowest BCUT2D eigenvalue weighted by Crippen LogP contribution is -2.34. The molecule has 0 aromatic heterocycles. The summed E-state index contributed by atoms with van der Waals surface area (Å²) in [6.45, 7) is 6.01. The molecule has 1 fully saturated rings. The van der Waals surface area contributed by atoms with Crippen LogP contribution in [0.2, 0.25) is 0 Å². The maximum atomic E-state index is 10.6. The van der Waals surface area contributed by atoms with Crippen molar-refractivity contribution >= 4 is 5.91 Å². The minimum Gasteiger partial charge on any atom is -0.381 e. The highest BCUT2D eigenvalue weighted by atomic mass is 16.5. The van der Waals surface area contributed by atoms with E-state index >= 15 is 0 Å². The highest BCUT2D eigenvalue weighted by Gasteiger charge is 2.29. The molecule has 64 valence electrons. The number of hydrogen-bond acceptors (Lipinski definition) is 2. The Morgan fingerprint density at radius 2 is 2.45 bits per heavy atom. The number of amides is 1. The van der Waals surface area contributed by atoms with E-state index < -0.39 is 0 Å². The molecule has 1 N–H and O–H groups in total. The van der Waals surface area contributed by atoms with Gasteiger partial charge in [0.15, 0.2) is 0 Å². The van der Waals surface area contributed by atoms with E-state index in [1.54, 1.807) is 6.92 Å². The first kappa shape index (κ1) is 8.53. The molecule has 1 amide bonds. The molecule has 11 heavy (non-hydrogen) atoms. The lowest BCUT2D eigenvalue weighted by molar-refractivity contribution is -0.119. The molecule has 0 saturated carbocycles. The molecule has 0 bridgehead atoms. The van der Waals surface area contributed by atoms with Gasteiger partial charge in [-0.05, 0) is 6.42 Å². The molecular formula is C8H15NO2. The number of carbonyl (C=O) groups excluding carboxylic acids is 1. The third kappa shape index (κ3) is 2.50. The van der Waals surface area contributed by atoms with Crippen molar-refractivity contribution in [1.82, 2.24) is 5.32 Å². The molecule has 1 saturated heterocycles. The SMILES string of the molecule is CC(=O)NCC1(C)CCOC1. The van der Waals surface area contributed by atoms with Gasteiger partial charge >= 0.3 is 0 Å². The molecular weight excluding hydrogens is 142 g/mol. The third-order valence-electron chi connectivity index (χ3n) is 2.06. The second-order valence-electron chi connectivity index (χ2n) is 3.52. The van der Waals surface area contributed by atoms with Gasteiger partial charge in [-0.1, -0.05) is 6.92 Å². The first-order chi connectivity index (χ1) is 5.12. The van der Waals surface area contributed by atoms with E-state index in [1.807, 2.05) is 0 Å². The van der Waals surface area contributed by atoms with Crippen molar-refractivity contribution in [1.29, 1.82) is 0 Å². The molecule has 1 unspecified atom stereocenters. The summed E-state index contributed by atoms with van der Waals surface area (Å²) < 4.78 is 5.24. The zero-order valence-corrected chi connectivity index (χ0v) is 7.14. The molecule has 3 heteroatoms. The molecule has 0 aromatic carbocycles. The van der Waals surface area contributed by atoms with Gasteiger partial charge < -0.3 is 10.1 Å². The average molecular weight is 157 g/mol. The fourth-order valence-corrected chi connectivity index (χ4v) is 1.19. The minimum absolute atomic E-state index is 0.0399. The standard InChI is InChI=1S/C8H15NO2/c1-7(10)9-5-8(2)3-4-11-6-8/h3-6H2,1-2H3,(H,9,10). The van der Waals surface area contributed by atoms with Gasteiger partial charge in [0.25, 0.3) is 0 Å². The largest absolute Gasteiger partial charge is 0.381 e. The molecule has 1 rings (SSSR count). The van der Waals surface area contributed by atoms with Gasteiger partial charge in [0.1, 0.15) is 0 Å². The van der Waals surface area contributed by atoms with Crippen LogP contribution in [0, 0.1) is 5.41 Å². The van der Waals surface area contributed by atoms with Gasteiger partial charge in [-0.15, -0.1) is 0 Å². The summed E-state index contributed by atoms with van der Waals surface area (Å²) in [5.74, 6) is 0.0399. The van der Waals surface area contributed by atoms with Crippen molar-refractivity contribution in [3.05, 3.63) is 0 Å². The van der Waals surface area contributed by atoms with E-state index in [9.17, 15) is 4.79 Å². The predicted octanol–water partition coefficient (Wildman–Crippen LogP) is 0.549. The van der Waals surface area contributed by atoms with Gasteiger partial charge in [-0.2, -0.15) is 0 Å². The second-order valence-corrected chi connectivity index (χ2v) is 3.52. The Morgan fingerprint density at radius 1 is 1.73 bits per heavy atom. The van der Waals surface area contributed by atoms with Crippen LogP contribution in [0.5, 0.6) is 0 Å². The topological polar surface area (TPSA) is 38.3 Å². The Bertz CT molecular complexity index is 150. The summed E-state index contributed by atoms with van der Waals surface area (Å²) in [5, 5.41) is 2.81. The summed E-state index contributed by atoms with van der Waals surface area (Å²) in [6, 6.07) is 0. The minimum atomic E-state index is 0.0399. The van der Waals surface area contributed by atoms with E-state index in [1.165, 1.54) is 0 Å². The fraction of sp³-hybridized carbons (Fsp3) is 0.875. The van der Waals surface area contributed by atoms with Crippen LogP contribution in [0.4, 0.5) is 0 Å². The summed E-state index contributed by atoms with van der Waals surface area (Å²) in [6.07, 6.45) is 1.05. The summed E-state index contributed by atoms with van der Waals surface area (Å²) in [4.78, 5) is 10.6. The Balaban J connectivity index is 2.28. The van der Waals surface area contributed by atoms with Crippen LogP contribution >= 0.6 is 0 Å². The van der Waals surface area contributed by atoms with E-state index in [0.717, 1.165) is 26.2 Å². The molecule has 0 radical (unpaired) electrons. The van der Waals surface area contributed by atoms with E-state index in [2.05, 4.69) is 12.2 Å². The Labute approximate surface area is 67.1 Å². The second kappa shape index (κ2) is 3.22. The van der Waals surface area contributed by atoms with Gasteiger partial charge in [-0.25, -0.2) is 0 Å². The van der Waals surface area contributed by atoms with Crippen molar-refractivity contribution in [2.45, 2.75) is 20.3 Å². The molecule has 1 atom stereocenters. The van der Waals surface area contributed by atoms with Crippen molar-refractivity contribution in [3.8, 4) is 0 Å². The van der Waals surface area contributed by atoms with Gasteiger partial charge in [0, 0.05) is 25.5 Å². The number of carbonyl (C=O) groups is 1. The average Bonchev–Trinajstić information content (AvgIpc) is 2.33. The van der Waals surface area contributed by atoms with Gasteiger partial charge in [0.2, 0.25) is 5.91 Å². The summed E-state index contributed by atoms with van der Waals surface area (Å²) in [5.41, 5.74) is 0.172. The predicted molar refractivity (Wildman–Crippen MR) is 42.2 cm³/mol. The van der Waals surface area contributed by atoms with Crippen molar-refractivity contribution in [2.75, 3.05) is 19.8 Å². The van der Waals surface area contributed by atoms with Crippen LogP contribution in [0.3, 0.4) is 0 Å². The lowest BCUT2D eigenvalue weighted by atomic mass is 9.90. The maximum absolute atomic E-state index is 10.6. The zero-order chi connectivity index (χ0) is 8.32. The normalized spacial score (nSPS) is 30.4. The van der Waals surface area contributed by atoms with Gasteiger partial charge in [0.05, 0.1) is 6.61 Å². The van der Waals surface area contributed by atoms with Crippen LogP contribution in [-0.2, 0) is 9.53 Å².